The van der Waals surface area contributed by atoms with Gasteiger partial charge in [-0.25, -0.2) is 4.39 Å². The molecule has 0 radical (unpaired) electrons. The summed E-state index contributed by atoms with van der Waals surface area (Å²) in [6.45, 7) is 8.27. The highest BCUT2D eigenvalue weighted by molar-refractivity contribution is 5.26. The lowest BCUT2D eigenvalue weighted by molar-refractivity contribution is 0.351. The number of halogens is 1. The molecule has 0 aliphatic rings. The van der Waals surface area contributed by atoms with Gasteiger partial charge in [-0.15, -0.1) is 0 Å². The van der Waals surface area contributed by atoms with Crippen molar-refractivity contribution in [3.05, 3.63) is 35.1 Å². The molecule has 2 N–H and O–H groups in total. The zero-order valence-electron chi connectivity index (χ0n) is 9.92. The summed E-state index contributed by atoms with van der Waals surface area (Å²) in [5.41, 5.74) is 7.93. The Bertz CT molecular complexity index is 313. The average Bonchev–Trinajstić information content (AvgIpc) is 2.13. The molecule has 15 heavy (non-hydrogen) atoms. The van der Waals surface area contributed by atoms with E-state index < -0.39 is 0 Å². The Kier molecular flexibility index (Phi) is 3.86. The highest BCUT2D eigenvalue weighted by Crippen LogP contribution is 2.26. The third kappa shape index (κ3) is 3.03. The lowest BCUT2D eigenvalue weighted by atomic mass is 9.86. The molecule has 1 aromatic carbocycles. The second-order valence-electron chi connectivity index (χ2n) is 4.69. The Hall–Kier alpha value is -0.890. The van der Waals surface area contributed by atoms with Crippen LogP contribution in [0.3, 0.4) is 0 Å². The van der Waals surface area contributed by atoms with E-state index in [1.54, 1.807) is 0 Å². The first-order valence-electron chi connectivity index (χ1n) is 5.44. The maximum Gasteiger partial charge on any atom is 0.123 e. The van der Waals surface area contributed by atoms with Crippen LogP contribution in [-0.4, -0.2) is 0 Å². The fourth-order valence-corrected chi connectivity index (χ4v) is 1.68. The van der Waals surface area contributed by atoms with Gasteiger partial charge in [-0.3, -0.25) is 0 Å². The smallest absolute Gasteiger partial charge is 0.123 e. The Morgan fingerprint density at radius 2 is 1.73 bits per heavy atom. The minimum absolute atomic E-state index is 0.0839. The fourth-order valence-electron chi connectivity index (χ4n) is 1.68. The van der Waals surface area contributed by atoms with Gasteiger partial charge in [0, 0.05) is 6.04 Å². The molecule has 0 amide bonds. The summed E-state index contributed by atoms with van der Waals surface area (Å²) >= 11 is 0. The van der Waals surface area contributed by atoms with Gasteiger partial charge in [-0.1, -0.05) is 26.8 Å². The van der Waals surface area contributed by atoms with E-state index in [1.165, 1.54) is 12.1 Å². The van der Waals surface area contributed by atoms with Gasteiger partial charge in [-0.05, 0) is 42.0 Å². The number of aryl methyl sites for hydroxylation is 1. The van der Waals surface area contributed by atoms with Crippen molar-refractivity contribution in [2.75, 3.05) is 0 Å². The van der Waals surface area contributed by atoms with Gasteiger partial charge in [0.1, 0.15) is 5.82 Å². The van der Waals surface area contributed by atoms with Crippen LogP contribution in [0.5, 0.6) is 0 Å². The number of hydrogen-bond acceptors (Lipinski definition) is 1. The van der Waals surface area contributed by atoms with Crippen molar-refractivity contribution in [2.45, 2.75) is 33.7 Å². The first-order chi connectivity index (χ1) is 6.91. The van der Waals surface area contributed by atoms with E-state index in [2.05, 4.69) is 20.8 Å². The monoisotopic (exact) mass is 209 g/mol. The van der Waals surface area contributed by atoms with Gasteiger partial charge in [-0.2, -0.15) is 0 Å². The van der Waals surface area contributed by atoms with Gasteiger partial charge in [0.2, 0.25) is 0 Å². The first kappa shape index (κ1) is 12.2. The van der Waals surface area contributed by atoms with Gasteiger partial charge >= 0.3 is 0 Å². The van der Waals surface area contributed by atoms with E-state index in [1.807, 2.05) is 13.0 Å². The third-order valence-corrected chi connectivity index (χ3v) is 3.07. The van der Waals surface area contributed by atoms with E-state index in [9.17, 15) is 4.39 Å². The molecule has 0 aromatic heterocycles. The van der Waals surface area contributed by atoms with Crippen molar-refractivity contribution in [3.8, 4) is 0 Å². The lowest BCUT2D eigenvalue weighted by Crippen LogP contribution is -2.23. The predicted molar refractivity (Wildman–Crippen MR) is 62.1 cm³/mol. The van der Waals surface area contributed by atoms with Crippen molar-refractivity contribution < 1.29 is 4.39 Å². The largest absolute Gasteiger partial charge is 0.324 e. The molecule has 1 aromatic rings. The minimum atomic E-state index is -0.198. The Balaban J connectivity index is 2.95. The Morgan fingerprint density at radius 1 is 1.13 bits per heavy atom. The molecule has 0 saturated heterocycles. The summed E-state index contributed by atoms with van der Waals surface area (Å²) in [5.74, 6) is 0.658. The van der Waals surface area contributed by atoms with Crippen LogP contribution < -0.4 is 5.73 Å². The average molecular weight is 209 g/mol. The number of nitrogens with two attached hydrogens (primary N) is 1. The van der Waals surface area contributed by atoms with Crippen LogP contribution in [0.4, 0.5) is 4.39 Å². The molecule has 0 heterocycles. The molecule has 1 rings (SSSR count). The van der Waals surface area contributed by atoms with E-state index in [0.29, 0.717) is 11.8 Å². The summed E-state index contributed by atoms with van der Waals surface area (Å²) in [6, 6.07) is 4.94. The summed E-state index contributed by atoms with van der Waals surface area (Å²) in [6.07, 6.45) is 0. The topological polar surface area (TPSA) is 26.0 Å². The van der Waals surface area contributed by atoms with Crippen molar-refractivity contribution in [2.24, 2.45) is 17.6 Å². The molecule has 2 unspecified atom stereocenters. The second kappa shape index (κ2) is 4.75. The zero-order valence-corrected chi connectivity index (χ0v) is 9.92. The van der Waals surface area contributed by atoms with E-state index in [0.717, 1.165) is 11.1 Å². The second-order valence-corrected chi connectivity index (χ2v) is 4.69. The van der Waals surface area contributed by atoms with Crippen LogP contribution in [0.2, 0.25) is 0 Å². The van der Waals surface area contributed by atoms with Crippen LogP contribution in [0.1, 0.15) is 37.9 Å². The molecule has 1 nitrogen and oxygen atoms in total. The standard InChI is InChI=1S/C13H20FN/c1-8(2)10(4)13(15)11-5-9(3)6-12(14)7-11/h5-8,10,13H,15H2,1-4H3. The highest BCUT2D eigenvalue weighted by Gasteiger charge is 2.18. The van der Waals surface area contributed by atoms with Gasteiger partial charge in [0.15, 0.2) is 0 Å². The van der Waals surface area contributed by atoms with Crippen LogP contribution in [0.25, 0.3) is 0 Å². The molecule has 0 aliphatic carbocycles. The highest BCUT2D eigenvalue weighted by atomic mass is 19.1. The summed E-state index contributed by atoms with van der Waals surface area (Å²) in [7, 11) is 0. The van der Waals surface area contributed by atoms with Crippen LogP contribution in [0.15, 0.2) is 18.2 Å². The fraction of sp³-hybridized carbons (Fsp3) is 0.538. The molecule has 0 bridgehead atoms. The lowest BCUT2D eigenvalue weighted by Gasteiger charge is -2.24. The number of rotatable bonds is 3. The number of benzene rings is 1. The van der Waals surface area contributed by atoms with Gasteiger partial charge in [0.05, 0.1) is 0 Å². The summed E-state index contributed by atoms with van der Waals surface area (Å²) in [5, 5.41) is 0. The van der Waals surface area contributed by atoms with Crippen molar-refractivity contribution in [3.63, 3.8) is 0 Å². The van der Waals surface area contributed by atoms with E-state index in [-0.39, 0.29) is 11.9 Å². The molecule has 84 valence electrons. The Morgan fingerprint density at radius 3 is 2.20 bits per heavy atom. The molecular formula is C13H20FN. The molecule has 0 fully saturated rings. The molecule has 2 atom stereocenters. The quantitative estimate of drug-likeness (QED) is 0.811. The van der Waals surface area contributed by atoms with Crippen molar-refractivity contribution in [1.82, 2.24) is 0 Å². The van der Waals surface area contributed by atoms with Crippen LogP contribution in [0, 0.1) is 24.6 Å². The van der Waals surface area contributed by atoms with Crippen LogP contribution >= 0.6 is 0 Å². The van der Waals surface area contributed by atoms with E-state index >= 15 is 0 Å². The molecule has 0 spiro atoms. The predicted octanol–water partition coefficient (Wildman–Crippen LogP) is 3.43. The Labute approximate surface area is 91.5 Å². The maximum absolute atomic E-state index is 13.2. The maximum atomic E-state index is 13.2. The van der Waals surface area contributed by atoms with E-state index in [4.69, 9.17) is 5.73 Å². The molecule has 0 saturated carbocycles. The minimum Gasteiger partial charge on any atom is -0.324 e. The van der Waals surface area contributed by atoms with Crippen LogP contribution in [-0.2, 0) is 0 Å². The normalized spacial score (nSPS) is 15.4. The molecule has 2 heteroatoms. The molecule has 0 aliphatic heterocycles. The first-order valence-corrected chi connectivity index (χ1v) is 5.44. The number of hydrogen-bond donors (Lipinski definition) is 1. The summed E-state index contributed by atoms with van der Waals surface area (Å²) < 4.78 is 13.2. The zero-order chi connectivity index (χ0) is 11.6. The summed E-state index contributed by atoms with van der Waals surface area (Å²) in [4.78, 5) is 0. The van der Waals surface area contributed by atoms with Crippen molar-refractivity contribution in [1.29, 1.82) is 0 Å². The third-order valence-electron chi connectivity index (χ3n) is 3.07. The van der Waals surface area contributed by atoms with Crippen molar-refractivity contribution >= 4 is 0 Å². The van der Waals surface area contributed by atoms with Gasteiger partial charge in [0.25, 0.3) is 0 Å². The molecular weight excluding hydrogens is 189 g/mol. The van der Waals surface area contributed by atoms with Gasteiger partial charge < -0.3 is 5.73 Å². The SMILES string of the molecule is Cc1cc(F)cc(C(N)C(C)C(C)C)c1.